The van der Waals surface area contributed by atoms with Gasteiger partial charge >= 0.3 is 0 Å². The van der Waals surface area contributed by atoms with Crippen molar-refractivity contribution in [3.63, 3.8) is 0 Å². The van der Waals surface area contributed by atoms with Crippen LogP contribution in [0.1, 0.15) is 27.8 Å². The number of aromatic nitrogens is 2. The highest BCUT2D eigenvalue weighted by Gasteiger charge is 2.17. The average Bonchev–Trinajstić information content (AvgIpc) is 3.19. The summed E-state index contributed by atoms with van der Waals surface area (Å²) in [5.74, 6) is 1.95. The molecule has 0 spiro atoms. The zero-order valence-corrected chi connectivity index (χ0v) is 15.9. The van der Waals surface area contributed by atoms with Crippen LogP contribution in [0.3, 0.4) is 0 Å². The van der Waals surface area contributed by atoms with Gasteiger partial charge in [-0.3, -0.25) is 0 Å². The van der Waals surface area contributed by atoms with Crippen molar-refractivity contribution in [3.05, 3.63) is 108 Å². The van der Waals surface area contributed by atoms with Gasteiger partial charge in [0, 0.05) is 5.56 Å². The summed E-state index contributed by atoms with van der Waals surface area (Å²) in [7, 11) is 0. The van der Waals surface area contributed by atoms with Gasteiger partial charge in [-0.2, -0.15) is 4.98 Å². The first-order valence-corrected chi connectivity index (χ1v) is 9.95. The minimum atomic E-state index is 0.224. The molecule has 1 heterocycles. The second kappa shape index (κ2) is 8.23. The molecule has 0 aliphatic heterocycles. The average molecular weight is 372 g/mol. The Balaban J connectivity index is 1.52. The molecule has 0 aliphatic carbocycles. The largest absolute Gasteiger partial charge is 0.338 e. The Morgan fingerprint density at radius 3 is 2.00 bits per heavy atom. The monoisotopic (exact) mass is 372 g/mol. The van der Waals surface area contributed by atoms with E-state index in [2.05, 4.69) is 77.7 Å². The topological polar surface area (TPSA) is 38.9 Å². The number of rotatable bonds is 6. The number of aryl methyl sites for hydroxylation is 1. The Labute approximate surface area is 163 Å². The van der Waals surface area contributed by atoms with Gasteiger partial charge in [-0.25, -0.2) is 0 Å². The molecule has 0 saturated heterocycles. The molecular formula is C23H20N2OS. The Bertz CT molecular complexity index is 942. The van der Waals surface area contributed by atoms with Crippen molar-refractivity contribution in [1.29, 1.82) is 0 Å². The van der Waals surface area contributed by atoms with Gasteiger partial charge in [0.05, 0.1) is 11.0 Å². The van der Waals surface area contributed by atoms with E-state index in [1.165, 1.54) is 16.7 Å². The molecule has 4 rings (SSSR count). The van der Waals surface area contributed by atoms with E-state index in [9.17, 15) is 0 Å². The lowest BCUT2D eigenvalue weighted by atomic mass is 10.0. The SMILES string of the molecule is Cc1ccc(-c2noc(CSC(c3ccccc3)c3ccccc3)n2)cc1. The van der Waals surface area contributed by atoms with Crippen molar-refractivity contribution in [3.8, 4) is 11.4 Å². The molecule has 0 atom stereocenters. The molecule has 0 bridgehead atoms. The van der Waals surface area contributed by atoms with Crippen molar-refractivity contribution in [2.75, 3.05) is 0 Å². The van der Waals surface area contributed by atoms with Crippen LogP contribution in [0.2, 0.25) is 0 Å². The Morgan fingerprint density at radius 2 is 1.41 bits per heavy atom. The van der Waals surface area contributed by atoms with Crippen LogP contribution in [0.15, 0.2) is 89.5 Å². The molecule has 3 aromatic carbocycles. The molecule has 134 valence electrons. The van der Waals surface area contributed by atoms with Crippen LogP contribution in [0.4, 0.5) is 0 Å². The molecular weight excluding hydrogens is 352 g/mol. The highest BCUT2D eigenvalue weighted by molar-refractivity contribution is 7.98. The van der Waals surface area contributed by atoms with Crippen LogP contribution < -0.4 is 0 Å². The smallest absolute Gasteiger partial charge is 0.236 e. The van der Waals surface area contributed by atoms with E-state index in [1.807, 2.05) is 24.3 Å². The Kier molecular flexibility index (Phi) is 5.35. The summed E-state index contributed by atoms with van der Waals surface area (Å²) in [6.45, 7) is 2.06. The van der Waals surface area contributed by atoms with Gasteiger partial charge < -0.3 is 4.52 Å². The third-order valence-electron chi connectivity index (χ3n) is 4.36. The quantitative estimate of drug-likeness (QED) is 0.412. The van der Waals surface area contributed by atoms with E-state index in [0.717, 1.165) is 5.56 Å². The molecule has 0 N–H and O–H groups in total. The lowest BCUT2D eigenvalue weighted by Gasteiger charge is -2.16. The molecule has 4 heteroatoms. The molecule has 0 saturated carbocycles. The highest BCUT2D eigenvalue weighted by atomic mass is 32.2. The summed E-state index contributed by atoms with van der Waals surface area (Å²) in [5, 5.41) is 4.36. The van der Waals surface area contributed by atoms with Crippen LogP contribution in [-0.4, -0.2) is 10.1 Å². The van der Waals surface area contributed by atoms with E-state index < -0.39 is 0 Å². The zero-order chi connectivity index (χ0) is 18.5. The maximum absolute atomic E-state index is 5.49. The normalized spacial score (nSPS) is 11.0. The first-order valence-electron chi connectivity index (χ1n) is 8.91. The molecule has 27 heavy (non-hydrogen) atoms. The minimum Gasteiger partial charge on any atom is -0.338 e. The van der Waals surface area contributed by atoms with Crippen molar-refractivity contribution >= 4 is 11.8 Å². The molecule has 4 aromatic rings. The first kappa shape index (κ1) is 17.6. The number of nitrogens with zero attached hydrogens (tertiary/aromatic N) is 2. The van der Waals surface area contributed by atoms with E-state index >= 15 is 0 Å². The number of hydrogen-bond donors (Lipinski definition) is 0. The van der Waals surface area contributed by atoms with Crippen LogP contribution >= 0.6 is 11.8 Å². The zero-order valence-electron chi connectivity index (χ0n) is 15.1. The Hall–Kier alpha value is -2.85. The van der Waals surface area contributed by atoms with Crippen LogP contribution in [-0.2, 0) is 5.75 Å². The lowest BCUT2D eigenvalue weighted by molar-refractivity contribution is 0.391. The predicted octanol–water partition coefficient (Wildman–Crippen LogP) is 6.07. The fraction of sp³-hybridized carbons (Fsp3) is 0.130. The van der Waals surface area contributed by atoms with Crippen LogP contribution in [0.5, 0.6) is 0 Å². The molecule has 3 nitrogen and oxygen atoms in total. The standard InChI is InChI=1S/C23H20N2OS/c1-17-12-14-20(15-13-17)23-24-21(26-25-23)16-27-22(18-8-4-2-5-9-18)19-10-6-3-7-11-19/h2-15,22H,16H2,1H3. The van der Waals surface area contributed by atoms with Gasteiger partial charge in [0.25, 0.3) is 0 Å². The van der Waals surface area contributed by atoms with Gasteiger partial charge in [0.1, 0.15) is 0 Å². The first-order chi connectivity index (χ1) is 13.3. The maximum Gasteiger partial charge on any atom is 0.236 e. The summed E-state index contributed by atoms with van der Waals surface area (Å²) in [6, 6.07) is 29.2. The molecule has 0 aliphatic rings. The number of thioether (sulfide) groups is 1. The predicted molar refractivity (Wildman–Crippen MR) is 110 cm³/mol. The summed E-state index contributed by atoms with van der Waals surface area (Å²) in [5.41, 5.74) is 4.73. The molecule has 0 radical (unpaired) electrons. The third kappa shape index (κ3) is 4.29. The molecule has 1 aromatic heterocycles. The van der Waals surface area contributed by atoms with E-state index in [0.29, 0.717) is 17.5 Å². The summed E-state index contributed by atoms with van der Waals surface area (Å²) < 4.78 is 5.49. The van der Waals surface area contributed by atoms with Crippen molar-refractivity contribution in [2.24, 2.45) is 0 Å². The minimum absolute atomic E-state index is 0.224. The van der Waals surface area contributed by atoms with E-state index in [-0.39, 0.29) is 5.25 Å². The second-order valence-corrected chi connectivity index (χ2v) is 7.48. The van der Waals surface area contributed by atoms with Gasteiger partial charge in [-0.1, -0.05) is 95.6 Å². The molecule has 0 fully saturated rings. The fourth-order valence-corrected chi connectivity index (χ4v) is 4.05. The van der Waals surface area contributed by atoms with Crippen molar-refractivity contribution in [1.82, 2.24) is 10.1 Å². The van der Waals surface area contributed by atoms with Crippen LogP contribution in [0, 0.1) is 6.92 Å². The number of benzene rings is 3. The lowest BCUT2D eigenvalue weighted by Crippen LogP contribution is -1.97. The Morgan fingerprint density at radius 1 is 0.815 bits per heavy atom. The highest BCUT2D eigenvalue weighted by Crippen LogP contribution is 2.37. The van der Waals surface area contributed by atoms with Gasteiger partial charge in [0.15, 0.2) is 0 Å². The molecule has 0 unspecified atom stereocenters. The number of hydrogen-bond acceptors (Lipinski definition) is 4. The second-order valence-electron chi connectivity index (χ2n) is 6.39. The van der Waals surface area contributed by atoms with Gasteiger partial charge in [-0.15, -0.1) is 11.8 Å². The van der Waals surface area contributed by atoms with Gasteiger partial charge in [-0.05, 0) is 18.1 Å². The third-order valence-corrected chi connectivity index (χ3v) is 5.65. The van der Waals surface area contributed by atoms with Gasteiger partial charge in [0.2, 0.25) is 11.7 Å². The van der Waals surface area contributed by atoms with Crippen molar-refractivity contribution in [2.45, 2.75) is 17.9 Å². The van der Waals surface area contributed by atoms with Crippen molar-refractivity contribution < 1.29 is 4.52 Å². The van der Waals surface area contributed by atoms with E-state index in [1.54, 1.807) is 11.8 Å². The van der Waals surface area contributed by atoms with E-state index in [4.69, 9.17) is 4.52 Å². The molecule has 0 amide bonds. The summed E-state index contributed by atoms with van der Waals surface area (Å²) in [6.07, 6.45) is 0. The van der Waals surface area contributed by atoms with Crippen LogP contribution in [0.25, 0.3) is 11.4 Å². The fourth-order valence-electron chi connectivity index (χ4n) is 2.93. The maximum atomic E-state index is 5.49. The summed E-state index contributed by atoms with van der Waals surface area (Å²) in [4.78, 5) is 4.57. The summed E-state index contributed by atoms with van der Waals surface area (Å²) >= 11 is 1.80.